The number of carbonyl (C=O) groups is 1. The summed E-state index contributed by atoms with van der Waals surface area (Å²) in [6.45, 7) is 1.49. The Morgan fingerprint density at radius 1 is 1.36 bits per heavy atom. The van der Waals surface area contributed by atoms with Gasteiger partial charge in [-0.2, -0.15) is 0 Å². The van der Waals surface area contributed by atoms with Crippen molar-refractivity contribution in [2.75, 3.05) is 19.6 Å². The van der Waals surface area contributed by atoms with Crippen molar-refractivity contribution in [2.24, 2.45) is 5.73 Å². The van der Waals surface area contributed by atoms with Gasteiger partial charge in [-0.25, -0.2) is 4.98 Å². The first-order chi connectivity index (χ1) is 9.67. The Bertz CT molecular complexity index is 639. The van der Waals surface area contributed by atoms with Gasteiger partial charge in [0.05, 0.1) is 6.54 Å². The average molecular weight is 367 g/mol. The summed E-state index contributed by atoms with van der Waals surface area (Å²) in [5.41, 5.74) is 6.92. The molecular weight excluding hydrogens is 349 g/mol. The fraction of sp³-hybridized carbons (Fsp3) is 0.429. The molecule has 22 heavy (non-hydrogen) atoms. The van der Waals surface area contributed by atoms with E-state index in [-0.39, 0.29) is 43.2 Å². The normalized spacial score (nSPS) is 15.3. The van der Waals surface area contributed by atoms with E-state index in [1.54, 1.807) is 17.0 Å². The number of rotatable bonds is 2. The monoisotopic (exact) mass is 365 g/mol. The molecule has 5 nitrogen and oxygen atoms in total. The van der Waals surface area contributed by atoms with Crippen LogP contribution in [0, 0.1) is 0 Å². The van der Waals surface area contributed by atoms with Crippen LogP contribution >= 0.6 is 36.4 Å². The quantitative estimate of drug-likeness (QED) is 0.887. The van der Waals surface area contributed by atoms with Gasteiger partial charge >= 0.3 is 0 Å². The second-order valence-corrected chi connectivity index (χ2v) is 5.46. The Morgan fingerprint density at radius 3 is 2.68 bits per heavy atom. The number of piperidine rings is 1. The Kier molecular flexibility index (Phi) is 6.94. The molecule has 1 aromatic carbocycles. The largest absolute Gasteiger partial charge is 0.440 e. The summed E-state index contributed by atoms with van der Waals surface area (Å²) in [4.78, 5) is 17.8. The third kappa shape index (κ3) is 3.84. The fourth-order valence-electron chi connectivity index (χ4n) is 2.60. The molecule has 8 heteroatoms. The van der Waals surface area contributed by atoms with Crippen molar-refractivity contribution in [1.29, 1.82) is 0 Å². The zero-order valence-electron chi connectivity index (χ0n) is 11.8. The van der Waals surface area contributed by atoms with Crippen LogP contribution in [0.4, 0.5) is 0 Å². The zero-order chi connectivity index (χ0) is 14.1. The molecule has 1 saturated heterocycles. The summed E-state index contributed by atoms with van der Waals surface area (Å²) in [6, 6.07) is 5.43. The second-order valence-electron chi connectivity index (χ2n) is 5.02. The maximum atomic E-state index is 11.5. The molecule has 0 spiro atoms. The van der Waals surface area contributed by atoms with E-state index in [1.165, 1.54) is 0 Å². The third-order valence-electron chi connectivity index (χ3n) is 3.74. The van der Waals surface area contributed by atoms with Crippen LogP contribution in [0.1, 0.15) is 24.7 Å². The van der Waals surface area contributed by atoms with Crippen molar-refractivity contribution in [3.63, 3.8) is 0 Å². The molecular formula is C14H18Cl3N3O2. The summed E-state index contributed by atoms with van der Waals surface area (Å²) >= 11 is 5.95. The Labute approximate surface area is 146 Å². The van der Waals surface area contributed by atoms with Gasteiger partial charge < -0.3 is 15.1 Å². The van der Waals surface area contributed by atoms with Gasteiger partial charge in [0.1, 0.15) is 5.52 Å². The minimum Gasteiger partial charge on any atom is -0.440 e. The molecule has 0 aliphatic carbocycles. The Hall–Kier alpha value is -1.01. The minimum absolute atomic E-state index is 0. The van der Waals surface area contributed by atoms with Gasteiger partial charge in [-0.3, -0.25) is 4.79 Å². The van der Waals surface area contributed by atoms with E-state index in [9.17, 15) is 4.79 Å². The van der Waals surface area contributed by atoms with E-state index in [2.05, 4.69) is 4.98 Å². The third-order valence-corrected chi connectivity index (χ3v) is 3.97. The number of nitrogens with two attached hydrogens (primary N) is 1. The van der Waals surface area contributed by atoms with Crippen molar-refractivity contribution in [2.45, 2.75) is 18.8 Å². The van der Waals surface area contributed by atoms with Gasteiger partial charge in [0.25, 0.3) is 0 Å². The molecule has 2 heterocycles. The maximum Gasteiger partial charge on any atom is 0.236 e. The van der Waals surface area contributed by atoms with Crippen LogP contribution in [0.5, 0.6) is 0 Å². The standard InChI is InChI=1S/C14H16ClN3O2.2ClH/c15-10-1-2-12-11(7-10)17-14(20-12)9-3-5-18(6-4-9)13(19)8-16;;/h1-2,7,9H,3-6,8,16H2;2*1H. The predicted octanol–water partition coefficient (Wildman–Crippen LogP) is 2.99. The molecule has 1 fully saturated rings. The van der Waals surface area contributed by atoms with Crippen LogP contribution in [0.25, 0.3) is 11.1 Å². The lowest BCUT2D eigenvalue weighted by atomic mass is 9.97. The Morgan fingerprint density at radius 2 is 2.05 bits per heavy atom. The molecule has 122 valence electrons. The summed E-state index contributed by atoms with van der Waals surface area (Å²) in [7, 11) is 0. The lowest BCUT2D eigenvalue weighted by molar-refractivity contribution is -0.130. The number of carbonyl (C=O) groups excluding carboxylic acids is 1. The number of aromatic nitrogens is 1. The van der Waals surface area contributed by atoms with E-state index in [0.717, 1.165) is 29.8 Å². The number of amides is 1. The molecule has 0 atom stereocenters. The van der Waals surface area contributed by atoms with Gasteiger partial charge in [0.2, 0.25) is 5.91 Å². The summed E-state index contributed by atoms with van der Waals surface area (Å²) in [5.74, 6) is 0.998. The maximum absolute atomic E-state index is 11.5. The van der Waals surface area contributed by atoms with Gasteiger partial charge in [-0.1, -0.05) is 11.6 Å². The van der Waals surface area contributed by atoms with Crippen molar-refractivity contribution < 1.29 is 9.21 Å². The number of oxazole rings is 1. The van der Waals surface area contributed by atoms with Gasteiger partial charge in [0, 0.05) is 24.0 Å². The summed E-state index contributed by atoms with van der Waals surface area (Å²) in [6.07, 6.45) is 1.71. The highest BCUT2D eigenvalue weighted by atomic mass is 35.5. The first kappa shape index (κ1) is 19.0. The van der Waals surface area contributed by atoms with E-state index >= 15 is 0 Å². The van der Waals surface area contributed by atoms with Crippen LogP contribution < -0.4 is 5.73 Å². The van der Waals surface area contributed by atoms with Crippen molar-refractivity contribution in [3.05, 3.63) is 29.1 Å². The highest BCUT2D eigenvalue weighted by molar-refractivity contribution is 6.31. The number of hydrogen-bond acceptors (Lipinski definition) is 4. The van der Waals surface area contributed by atoms with Crippen LogP contribution in [0.15, 0.2) is 22.6 Å². The molecule has 0 saturated carbocycles. The summed E-state index contributed by atoms with van der Waals surface area (Å²) in [5, 5.41) is 0.653. The lowest BCUT2D eigenvalue weighted by Crippen LogP contribution is -2.41. The number of benzene rings is 1. The lowest BCUT2D eigenvalue weighted by Gasteiger charge is -2.30. The average Bonchev–Trinajstić information content (AvgIpc) is 2.89. The highest BCUT2D eigenvalue weighted by Gasteiger charge is 2.26. The van der Waals surface area contributed by atoms with Gasteiger partial charge in [-0.05, 0) is 31.0 Å². The molecule has 3 rings (SSSR count). The molecule has 0 bridgehead atoms. The van der Waals surface area contributed by atoms with E-state index in [0.29, 0.717) is 18.1 Å². The molecule has 1 aromatic heterocycles. The molecule has 2 aromatic rings. The number of fused-ring (bicyclic) bond motifs is 1. The predicted molar refractivity (Wildman–Crippen MR) is 91.1 cm³/mol. The van der Waals surface area contributed by atoms with E-state index < -0.39 is 0 Å². The summed E-state index contributed by atoms with van der Waals surface area (Å²) < 4.78 is 5.79. The topological polar surface area (TPSA) is 72.4 Å². The van der Waals surface area contributed by atoms with Gasteiger partial charge in [-0.15, -0.1) is 24.8 Å². The van der Waals surface area contributed by atoms with Crippen LogP contribution in [-0.2, 0) is 4.79 Å². The smallest absolute Gasteiger partial charge is 0.236 e. The molecule has 0 radical (unpaired) electrons. The van der Waals surface area contributed by atoms with Crippen molar-refractivity contribution >= 4 is 53.4 Å². The molecule has 2 N–H and O–H groups in total. The van der Waals surface area contributed by atoms with E-state index in [1.807, 2.05) is 6.07 Å². The number of hydrogen-bond donors (Lipinski definition) is 1. The fourth-order valence-corrected chi connectivity index (χ4v) is 2.76. The molecule has 1 aliphatic heterocycles. The van der Waals surface area contributed by atoms with Crippen molar-refractivity contribution in [3.8, 4) is 0 Å². The van der Waals surface area contributed by atoms with Gasteiger partial charge in [0.15, 0.2) is 11.5 Å². The molecule has 0 unspecified atom stereocenters. The SMILES string of the molecule is Cl.Cl.NCC(=O)N1CCC(c2nc3cc(Cl)ccc3o2)CC1. The molecule has 1 amide bonds. The first-order valence-corrected chi connectivity index (χ1v) is 7.09. The van der Waals surface area contributed by atoms with Crippen LogP contribution in [0.2, 0.25) is 5.02 Å². The minimum atomic E-state index is 0. The van der Waals surface area contributed by atoms with Crippen LogP contribution in [0.3, 0.4) is 0 Å². The second kappa shape index (κ2) is 8.02. The number of halogens is 3. The molecule has 1 aliphatic rings. The first-order valence-electron chi connectivity index (χ1n) is 6.71. The zero-order valence-corrected chi connectivity index (χ0v) is 14.2. The highest BCUT2D eigenvalue weighted by Crippen LogP contribution is 2.30. The number of likely N-dealkylation sites (tertiary alicyclic amines) is 1. The van der Waals surface area contributed by atoms with E-state index in [4.69, 9.17) is 21.8 Å². The Balaban J connectivity index is 0.00000121. The van der Waals surface area contributed by atoms with Crippen molar-refractivity contribution in [1.82, 2.24) is 9.88 Å². The number of nitrogens with zero attached hydrogens (tertiary/aromatic N) is 2. The van der Waals surface area contributed by atoms with Crippen LogP contribution in [-0.4, -0.2) is 35.4 Å².